The van der Waals surface area contributed by atoms with Gasteiger partial charge in [0.15, 0.2) is 0 Å². The second-order valence-corrected chi connectivity index (χ2v) is 5.33. The third-order valence-corrected chi connectivity index (χ3v) is 3.84. The lowest BCUT2D eigenvalue weighted by atomic mass is 9.97. The first kappa shape index (κ1) is 13.8. The Morgan fingerprint density at radius 3 is 2.81 bits per heavy atom. The molecule has 0 radical (unpaired) electrons. The SMILES string of the molecule is COc1cc(-c2nnc(C3CCN(C)CC3)o2)ncc1N. The van der Waals surface area contributed by atoms with E-state index in [0.717, 1.165) is 25.9 Å². The van der Waals surface area contributed by atoms with Crippen molar-refractivity contribution in [2.45, 2.75) is 18.8 Å². The van der Waals surface area contributed by atoms with Gasteiger partial charge in [-0.3, -0.25) is 0 Å². The fraction of sp³-hybridized carbons (Fsp3) is 0.500. The molecule has 7 nitrogen and oxygen atoms in total. The molecule has 112 valence electrons. The molecule has 0 aromatic carbocycles. The number of hydrogen-bond acceptors (Lipinski definition) is 7. The van der Waals surface area contributed by atoms with E-state index in [9.17, 15) is 0 Å². The second kappa shape index (κ2) is 5.69. The van der Waals surface area contributed by atoms with Crippen LogP contribution >= 0.6 is 0 Å². The fourth-order valence-electron chi connectivity index (χ4n) is 2.50. The number of nitrogen functional groups attached to an aromatic ring is 1. The summed E-state index contributed by atoms with van der Waals surface area (Å²) in [6, 6.07) is 1.71. The van der Waals surface area contributed by atoms with Crippen molar-refractivity contribution >= 4 is 5.69 Å². The highest BCUT2D eigenvalue weighted by Crippen LogP contribution is 2.30. The van der Waals surface area contributed by atoms with Gasteiger partial charge in [-0.15, -0.1) is 10.2 Å². The Kier molecular flexibility index (Phi) is 3.74. The summed E-state index contributed by atoms with van der Waals surface area (Å²) in [5.74, 6) is 1.98. The smallest absolute Gasteiger partial charge is 0.266 e. The summed E-state index contributed by atoms with van der Waals surface area (Å²) in [5.41, 5.74) is 6.81. The molecule has 2 aromatic heterocycles. The van der Waals surface area contributed by atoms with Crippen molar-refractivity contribution in [2.24, 2.45) is 0 Å². The van der Waals surface area contributed by atoms with Gasteiger partial charge >= 0.3 is 0 Å². The van der Waals surface area contributed by atoms with E-state index in [-0.39, 0.29) is 0 Å². The molecular weight excluding hydrogens is 270 g/mol. The lowest BCUT2D eigenvalue weighted by Gasteiger charge is -2.26. The summed E-state index contributed by atoms with van der Waals surface area (Å²) >= 11 is 0. The van der Waals surface area contributed by atoms with Crippen molar-refractivity contribution in [3.63, 3.8) is 0 Å². The Morgan fingerprint density at radius 2 is 2.10 bits per heavy atom. The molecule has 2 N–H and O–H groups in total. The van der Waals surface area contributed by atoms with Gasteiger partial charge in [0.05, 0.1) is 19.0 Å². The molecule has 7 heteroatoms. The normalized spacial score (nSPS) is 17.0. The maximum absolute atomic E-state index is 5.78. The molecule has 1 fully saturated rings. The second-order valence-electron chi connectivity index (χ2n) is 5.33. The Labute approximate surface area is 123 Å². The average molecular weight is 289 g/mol. The number of ether oxygens (including phenoxy) is 1. The lowest BCUT2D eigenvalue weighted by molar-refractivity contribution is 0.237. The summed E-state index contributed by atoms with van der Waals surface area (Å²) in [6.07, 6.45) is 3.61. The number of pyridine rings is 1. The fourth-order valence-corrected chi connectivity index (χ4v) is 2.50. The molecule has 21 heavy (non-hydrogen) atoms. The Balaban J connectivity index is 1.81. The zero-order valence-electron chi connectivity index (χ0n) is 12.2. The van der Waals surface area contributed by atoms with Crippen LogP contribution in [-0.4, -0.2) is 47.3 Å². The van der Waals surface area contributed by atoms with E-state index in [2.05, 4.69) is 27.1 Å². The minimum Gasteiger partial charge on any atom is -0.494 e. The van der Waals surface area contributed by atoms with E-state index in [1.165, 1.54) is 6.20 Å². The lowest BCUT2D eigenvalue weighted by Crippen LogP contribution is -2.29. The van der Waals surface area contributed by atoms with Crippen LogP contribution in [0.2, 0.25) is 0 Å². The molecule has 3 heterocycles. The average Bonchev–Trinajstić information content (AvgIpc) is 2.98. The number of nitrogens with zero attached hydrogens (tertiary/aromatic N) is 4. The maximum Gasteiger partial charge on any atom is 0.266 e. The molecule has 0 unspecified atom stereocenters. The quantitative estimate of drug-likeness (QED) is 0.916. The van der Waals surface area contributed by atoms with Crippen LogP contribution in [0.25, 0.3) is 11.6 Å². The van der Waals surface area contributed by atoms with E-state index in [1.54, 1.807) is 13.2 Å². The number of likely N-dealkylation sites (tertiary alicyclic amines) is 1. The van der Waals surface area contributed by atoms with Crippen molar-refractivity contribution in [3.05, 3.63) is 18.2 Å². The largest absolute Gasteiger partial charge is 0.494 e. The van der Waals surface area contributed by atoms with Crippen LogP contribution in [0.1, 0.15) is 24.7 Å². The highest BCUT2D eigenvalue weighted by atomic mass is 16.5. The van der Waals surface area contributed by atoms with E-state index in [4.69, 9.17) is 14.9 Å². The third-order valence-electron chi connectivity index (χ3n) is 3.84. The Bertz CT molecular complexity index is 620. The number of methoxy groups -OCH3 is 1. The van der Waals surface area contributed by atoms with Crippen molar-refractivity contribution < 1.29 is 9.15 Å². The molecule has 0 atom stereocenters. The molecular formula is C14H19N5O2. The minimum atomic E-state index is 0.332. The van der Waals surface area contributed by atoms with Gasteiger partial charge in [0.1, 0.15) is 11.4 Å². The molecule has 1 aliphatic rings. The Morgan fingerprint density at radius 1 is 1.33 bits per heavy atom. The molecule has 0 spiro atoms. The van der Waals surface area contributed by atoms with Gasteiger partial charge in [-0.25, -0.2) is 4.98 Å². The molecule has 2 aromatic rings. The maximum atomic E-state index is 5.78. The molecule has 3 rings (SSSR count). The summed E-state index contributed by atoms with van der Waals surface area (Å²) in [4.78, 5) is 6.52. The first-order valence-electron chi connectivity index (χ1n) is 6.99. The minimum absolute atomic E-state index is 0.332. The summed E-state index contributed by atoms with van der Waals surface area (Å²) in [6.45, 7) is 2.10. The van der Waals surface area contributed by atoms with Gasteiger partial charge in [-0.2, -0.15) is 0 Å². The van der Waals surface area contributed by atoms with Gasteiger partial charge < -0.3 is 19.8 Å². The van der Waals surface area contributed by atoms with Crippen LogP contribution in [0, 0.1) is 0 Å². The number of nitrogens with two attached hydrogens (primary N) is 1. The summed E-state index contributed by atoms with van der Waals surface area (Å²) in [5, 5.41) is 8.27. The van der Waals surface area contributed by atoms with Crippen LogP contribution in [0.5, 0.6) is 5.75 Å². The topological polar surface area (TPSA) is 90.3 Å². The summed E-state index contributed by atoms with van der Waals surface area (Å²) in [7, 11) is 3.69. The van der Waals surface area contributed by atoms with Crippen LogP contribution in [0.3, 0.4) is 0 Å². The summed E-state index contributed by atoms with van der Waals surface area (Å²) < 4.78 is 11.0. The first-order chi connectivity index (χ1) is 10.2. The van der Waals surface area contributed by atoms with Gasteiger partial charge in [0, 0.05) is 12.0 Å². The van der Waals surface area contributed by atoms with Crippen molar-refractivity contribution in [1.82, 2.24) is 20.1 Å². The van der Waals surface area contributed by atoms with E-state index in [0.29, 0.717) is 34.8 Å². The third kappa shape index (κ3) is 2.82. The van der Waals surface area contributed by atoms with Gasteiger partial charge in [-0.1, -0.05) is 0 Å². The van der Waals surface area contributed by atoms with Crippen LogP contribution in [0.15, 0.2) is 16.7 Å². The van der Waals surface area contributed by atoms with Gasteiger partial charge in [-0.05, 0) is 33.0 Å². The highest BCUT2D eigenvalue weighted by Gasteiger charge is 2.24. The van der Waals surface area contributed by atoms with E-state index < -0.39 is 0 Å². The van der Waals surface area contributed by atoms with Crippen molar-refractivity contribution in [1.29, 1.82) is 0 Å². The molecule has 0 bridgehead atoms. The van der Waals surface area contributed by atoms with Gasteiger partial charge in [0.25, 0.3) is 5.89 Å². The monoisotopic (exact) mass is 289 g/mol. The van der Waals surface area contributed by atoms with Crippen molar-refractivity contribution in [3.8, 4) is 17.3 Å². The molecule has 1 saturated heterocycles. The zero-order valence-corrected chi connectivity index (χ0v) is 12.2. The van der Waals surface area contributed by atoms with E-state index >= 15 is 0 Å². The standard InChI is InChI=1S/C14H19N5O2/c1-19-5-3-9(4-6-19)13-17-18-14(21-13)11-7-12(20-2)10(15)8-16-11/h7-9H,3-6,15H2,1-2H3. The number of rotatable bonds is 3. The predicted octanol–water partition coefficient (Wildman–Crippen LogP) is 1.53. The number of hydrogen-bond donors (Lipinski definition) is 1. The molecule has 1 aliphatic heterocycles. The van der Waals surface area contributed by atoms with Crippen molar-refractivity contribution in [2.75, 3.05) is 33.0 Å². The zero-order chi connectivity index (χ0) is 14.8. The predicted molar refractivity (Wildman–Crippen MR) is 78.0 cm³/mol. The number of anilines is 1. The molecule has 0 saturated carbocycles. The van der Waals surface area contributed by atoms with Crippen LogP contribution < -0.4 is 10.5 Å². The number of piperidine rings is 1. The Hall–Kier alpha value is -2.15. The highest BCUT2D eigenvalue weighted by molar-refractivity contribution is 5.59. The van der Waals surface area contributed by atoms with Gasteiger partial charge in [0.2, 0.25) is 5.89 Å². The molecule has 0 aliphatic carbocycles. The molecule has 0 amide bonds. The first-order valence-corrected chi connectivity index (χ1v) is 6.99. The van der Waals surface area contributed by atoms with E-state index in [1.807, 2.05) is 0 Å². The van der Waals surface area contributed by atoms with Crippen LogP contribution in [0.4, 0.5) is 5.69 Å². The number of aromatic nitrogens is 3. The van der Waals surface area contributed by atoms with Crippen LogP contribution in [-0.2, 0) is 0 Å².